The molecule has 0 atom stereocenters. The van der Waals surface area contributed by atoms with E-state index in [0.717, 1.165) is 10.0 Å². The van der Waals surface area contributed by atoms with Gasteiger partial charge in [-0.15, -0.1) is 0 Å². The number of benzene rings is 2. The van der Waals surface area contributed by atoms with Crippen LogP contribution in [0.4, 0.5) is 0 Å². The number of hydrogen-bond acceptors (Lipinski definition) is 3. The molecule has 0 radical (unpaired) electrons. The monoisotopic (exact) mass is 460 g/mol. The number of thiocarbonyl (C=S) groups is 1. The van der Waals surface area contributed by atoms with Gasteiger partial charge in [-0.2, -0.15) is 0 Å². The first kappa shape index (κ1) is 17.6. The normalized spacial score (nSPS) is 10.4. The largest absolute Gasteiger partial charge is 0.425 e. The first-order valence-electron chi connectivity index (χ1n) is 6.32. The zero-order valence-corrected chi connectivity index (χ0v) is 16.3. The summed E-state index contributed by atoms with van der Waals surface area (Å²) in [5.74, 6) is -0.00488. The lowest BCUT2D eigenvalue weighted by Gasteiger charge is -2.13. The van der Waals surface area contributed by atoms with E-state index in [1.165, 1.54) is 6.92 Å². The average Bonchev–Trinajstić information content (AvgIpc) is 2.43. The van der Waals surface area contributed by atoms with Crippen LogP contribution in [0.1, 0.15) is 18.1 Å². The molecule has 0 saturated heterocycles. The van der Waals surface area contributed by atoms with Gasteiger partial charge in [0, 0.05) is 33.3 Å². The summed E-state index contributed by atoms with van der Waals surface area (Å²) in [6, 6.07) is 11.3. The summed E-state index contributed by atoms with van der Waals surface area (Å²) in [5, 5.41) is 0.524. The highest BCUT2D eigenvalue weighted by Gasteiger charge is 2.16. The van der Waals surface area contributed by atoms with E-state index in [2.05, 4.69) is 31.9 Å². The van der Waals surface area contributed by atoms with Gasteiger partial charge < -0.3 is 4.74 Å². The zero-order valence-electron chi connectivity index (χ0n) is 11.5. The Labute approximate surface area is 156 Å². The third-order valence-electron chi connectivity index (χ3n) is 2.83. The molecule has 2 nitrogen and oxygen atoms in total. The summed E-state index contributed by atoms with van der Waals surface area (Å²) >= 11 is 18.4. The van der Waals surface area contributed by atoms with Crippen molar-refractivity contribution >= 4 is 66.5 Å². The van der Waals surface area contributed by atoms with Crippen LogP contribution in [-0.4, -0.2) is 10.8 Å². The molecule has 0 spiro atoms. The Morgan fingerprint density at radius 3 is 2.45 bits per heavy atom. The van der Waals surface area contributed by atoms with Gasteiger partial charge in [0.15, 0.2) is 5.75 Å². The fourth-order valence-corrected chi connectivity index (χ4v) is 3.37. The van der Waals surface area contributed by atoms with E-state index in [0.29, 0.717) is 32.1 Å². The number of ether oxygens (including phenoxy) is 1. The highest BCUT2D eigenvalue weighted by Crippen LogP contribution is 2.34. The Bertz CT molecular complexity index is 730. The second kappa shape index (κ2) is 7.68. The molecule has 0 unspecified atom stereocenters. The minimum Gasteiger partial charge on any atom is -0.425 e. The molecule has 0 N–H and O–H groups in total. The smallest absolute Gasteiger partial charge is 0.308 e. The highest BCUT2D eigenvalue weighted by atomic mass is 79.9. The van der Waals surface area contributed by atoms with Crippen LogP contribution in [0.2, 0.25) is 5.02 Å². The van der Waals surface area contributed by atoms with Gasteiger partial charge in [-0.1, -0.05) is 51.9 Å². The lowest BCUT2D eigenvalue weighted by molar-refractivity contribution is -0.131. The Kier molecular flexibility index (Phi) is 6.15. The molecule has 0 fully saturated rings. The van der Waals surface area contributed by atoms with Crippen LogP contribution in [0.25, 0.3) is 0 Å². The van der Waals surface area contributed by atoms with Crippen LogP contribution in [-0.2, 0) is 11.2 Å². The number of halogens is 3. The van der Waals surface area contributed by atoms with E-state index in [-0.39, 0.29) is 0 Å². The molecule has 22 heavy (non-hydrogen) atoms. The summed E-state index contributed by atoms with van der Waals surface area (Å²) in [4.78, 5) is 12.0. The van der Waals surface area contributed by atoms with Crippen molar-refractivity contribution in [1.29, 1.82) is 0 Å². The zero-order chi connectivity index (χ0) is 16.3. The van der Waals surface area contributed by atoms with Crippen LogP contribution in [0, 0.1) is 0 Å². The summed E-state index contributed by atoms with van der Waals surface area (Å²) in [6.07, 6.45) is 0.559. The standard InChI is InChI=1S/C16H11Br2ClO2S/c1-9(20)21-16-13(7-12(19)8-14(16)18)15(22)6-10-2-4-11(17)5-3-10/h2-5,7-8H,6H2,1H3. The van der Waals surface area contributed by atoms with Crippen LogP contribution in [0.15, 0.2) is 45.3 Å². The Hall–Kier alpha value is -0.750. The maximum atomic E-state index is 11.3. The van der Waals surface area contributed by atoms with Gasteiger partial charge in [-0.05, 0) is 45.8 Å². The van der Waals surface area contributed by atoms with Gasteiger partial charge in [0.1, 0.15) is 0 Å². The number of hydrogen-bond donors (Lipinski definition) is 0. The van der Waals surface area contributed by atoms with E-state index >= 15 is 0 Å². The van der Waals surface area contributed by atoms with Crippen molar-refractivity contribution in [1.82, 2.24) is 0 Å². The fraction of sp³-hybridized carbons (Fsp3) is 0.125. The second-order valence-electron chi connectivity index (χ2n) is 4.58. The Balaban J connectivity index is 2.35. The molecule has 2 aromatic rings. The van der Waals surface area contributed by atoms with Gasteiger partial charge in [-0.3, -0.25) is 4.79 Å². The van der Waals surface area contributed by atoms with Crippen molar-refractivity contribution in [3.05, 3.63) is 61.5 Å². The molecule has 0 aliphatic heterocycles. The van der Waals surface area contributed by atoms with Crippen molar-refractivity contribution in [2.75, 3.05) is 0 Å². The van der Waals surface area contributed by atoms with Crippen LogP contribution in [0.5, 0.6) is 5.75 Å². The molecule has 0 heterocycles. The van der Waals surface area contributed by atoms with Crippen LogP contribution in [0.3, 0.4) is 0 Å². The third kappa shape index (κ3) is 4.62. The number of esters is 1. The lowest BCUT2D eigenvalue weighted by Crippen LogP contribution is -2.09. The highest BCUT2D eigenvalue weighted by molar-refractivity contribution is 9.10. The third-order valence-corrected chi connectivity index (χ3v) is 4.53. The van der Waals surface area contributed by atoms with Crippen LogP contribution < -0.4 is 4.74 Å². The molecule has 114 valence electrons. The summed E-state index contributed by atoms with van der Waals surface area (Å²) < 4.78 is 6.88. The van der Waals surface area contributed by atoms with E-state index in [1.807, 2.05) is 24.3 Å². The predicted molar refractivity (Wildman–Crippen MR) is 100 cm³/mol. The predicted octanol–water partition coefficient (Wildman–Crippen LogP) is 5.75. The maximum absolute atomic E-state index is 11.3. The fourth-order valence-electron chi connectivity index (χ4n) is 1.90. The van der Waals surface area contributed by atoms with Gasteiger partial charge >= 0.3 is 5.97 Å². The summed E-state index contributed by atoms with van der Waals surface area (Å²) in [5.41, 5.74) is 1.71. The SMILES string of the molecule is CC(=O)Oc1c(Br)cc(Cl)cc1C(=S)Cc1ccc(Br)cc1. The minimum atomic E-state index is -0.407. The minimum absolute atomic E-state index is 0.402. The molecular weight excluding hydrogens is 452 g/mol. The molecule has 0 aliphatic rings. The average molecular weight is 463 g/mol. The molecule has 0 bridgehead atoms. The molecular formula is C16H11Br2ClO2S. The quantitative estimate of drug-likeness (QED) is 0.250. The van der Waals surface area contributed by atoms with E-state index < -0.39 is 5.97 Å². The van der Waals surface area contributed by atoms with Crippen molar-refractivity contribution in [2.24, 2.45) is 0 Å². The first-order valence-corrected chi connectivity index (χ1v) is 8.69. The number of carbonyl (C=O) groups is 1. The van der Waals surface area contributed by atoms with Crippen molar-refractivity contribution in [3.63, 3.8) is 0 Å². The van der Waals surface area contributed by atoms with Gasteiger partial charge in [0.05, 0.1) is 4.47 Å². The van der Waals surface area contributed by atoms with Crippen molar-refractivity contribution in [3.8, 4) is 5.75 Å². The van der Waals surface area contributed by atoms with Gasteiger partial charge in [0.25, 0.3) is 0 Å². The first-order chi connectivity index (χ1) is 10.4. The van der Waals surface area contributed by atoms with E-state index in [1.54, 1.807) is 12.1 Å². The summed E-state index contributed by atoms with van der Waals surface area (Å²) in [6.45, 7) is 1.35. The van der Waals surface area contributed by atoms with Crippen molar-refractivity contribution in [2.45, 2.75) is 13.3 Å². The molecule has 0 aliphatic carbocycles. The molecule has 0 aromatic heterocycles. The van der Waals surface area contributed by atoms with Gasteiger partial charge in [0.2, 0.25) is 0 Å². The van der Waals surface area contributed by atoms with Crippen molar-refractivity contribution < 1.29 is 9.53 Å². The molecule has 0 saturated carbocycles. The Morgan fingerprint density at radius 2 is 1.86 bits per heavy atom. The Morgan fingerprint density at radius 1 is 1.23 bits per heavy atom. The molecule has 0 amide bonds. The number of rotatable bonds is 4. The van der Waals surface area contributed by atoms with E-state index in [9.17, 15) is 4.79 Å². The topological polar surface area (TPSA) is 26.3 Å². The molecule has 2 rings (SSSR count). The number of carbonyl (C=O) groups excluding carboxylic acids is 1. The maximum Gasteiger partial charge on any atom is 0.308 e. The molecule has 6 heteroatoms. The lowest BCUT2D eigenvalue weighted by atomic mass is 10.0. The van der Waals surface area contributed by atoms with E-state index in [4.69, 9.17) is 28.6 Å². The molecule has 2 aromatic carbocycles. The van der Waals surface area contributed by atoms with Crippen LogP contribution >= 0.6 is 55.7 Å². The van der Waals surface area contributed by atoms with Gasteiger partial charge in [-0.25, -0.2) is 0 Å². The summed E-state index contributed by atoms with van der Waals surface area (Å²) in [7, 11) is 0. The second-order valence-corrected chi connectivity index (χ2v) is 7.28.